The molecule has 2 heterocycles. The van der Waals surface area contributed by atoms with Crippen molar-refractivity contribution in [2.24, 2.45) is 11.3 Å². The minimum absolute atomic E-state index is 0. The van der Waals surface area contributed by atoms with Crippen LogP contribution in [0.2, 0.25) is 0 Å². The number of piperazine rings is 1. The van der Waals surface area contributed by atoms with E-state index in [2.05, 4.69) is 22.6 Å². The molecular formula is C20H30Cl2N4O2. The summed E-state index contributed by atoms with van der Waals surface area (Å²) in [6, 6.07) is 7.34. The van der Waals surface area contributed by atoms with Gasteiger partial charge in [0.05, 0.1) is 0 Å². The van der Waals surface area contributed by atoms with E-state index in [4.69, 9.17) is 0 Å². The van der Waals surface area contributed by atoms with Gasteiger partial charge in [-0.2, -0.15) is 0 Å². The van der Waals surface area contributed by atoms with Gasteiger partial charge in [0.2, 0.25) is 5.91 Å². The summed E-state index contributed by atoms with van der Waals surface area (Å²) in [6.07, 6.45) is 3.22. The Morgan fingerprint density at radius 2 is 1.64 bits per heavy atom. The highest BCUT2D eigenvalue weighted by atomic mass is 35.5. The normalized spacial score (nSPS) is 23.3. The number of benzene rings is 1. The van der Waals surface area contributed by atoms with Gasteiger partial charge >= 0.3 is 0 Å². The predicted molar refractivity (Wildman–Crippen MR) is 116 cm³/mol. The molecule has 3 aliphatic rings. The number of rotatable bonds is 3. The number of nitrogens with one attached hydrogen (secondary N) is 2. The van der Waals surface area contributed by atoms with Crippen molar-refractivity contribution in [2.45, 2.75) is 19.3 Å². The van der Waals surface area contributed by atoms with E-state index in [1.54, 1.807) is 0 Å². The summed E-state index contributed by atoms with van der Waals surface area (Å²) in [5, 5.41) is 6.40. The van der Waals surface area contributed by atoms with Crippen LogP contribution in [0.1, 0.15) is 29.6 Å². The molecule has 1 atom stereocenters. The smallest absolute Gasteiger partial charge is 0.253 e. The Kier molecular flexibility index (Phi) is 7.73. The summed E-state index contributed by atoms with van der Waals surface area (Å²) in [6.45, 7) is 5.41. The van der Waals surface area contributed by atoms with Crippen LogP contribution in [-0.2, 0) is 4.79 Å². The lowest BCUT2D eigenvalue weighted by Gasteiger charge is -2.32. The van der Waals surface area contributed by atoms with Gasteiger partial charge in [0.15, 0.2) is 0 Å². The number of carbonyl (C=O) groups is 2. The molecule has 2 saturated heterocycles. The highest BCUT2D eigenvalue weighted by molar-refractivity contribution is 5.97. The molecule has 1 unspecified atom stereocenters. The molecule has 156 valence electrons. The van der Waals surface area contributed by atoms with Crippen LogP contribution in [-0.4, -0.2) is 67.9 Å². The Morgan fingerprint density at radius 1 is 1.04 bits per heavy atom. The van der Waals surface area contributed by atoms with Gasteiger partial charge in [-0.25, -0.2) is 0 Å². The molecule has 0 radical (unpaired) electrons. The fourth-order valence-corrected chi connectivity index (χ4v) is 4.31. The average molecular weight is 429 g/mol. The van der Waals surface area contributed by atoms with Crippen molar-refractivity contribution in [1.82, 2.24) is 15.1 Å². The molecule has 28 heavy (non-hydrogen) atoms. The van der Waals surface area contributed by atoms with Gasteiger partial charge in [0, 0.05) is 43.3 Å². The van der Waals surface area contributed by atoms with Crippen molar-refractivity contribution < 1.29 is 9.59 Å². The summed E-state index contributed by atoms with van der Waals surface area (Å²) < 4.78 is 0. The van der Waals surface area contributed by atoms with E-state index in [-0.39, 0.29) is 48.0 Å². The Hall–Kier alpha value is -1.34. The lowest BCUT2D eigenvalue weighted by atomic mass is 9.92. The predicted octanol–water partition coefficient (Wildman–Crippen LogP) is 2.25. The van der Waals surface area contributed by atoms with Crippen LogP contribution in [0.25, 0.3) is 0 Å². The Balaban J connectivity index is 0.00000140. The van der Waals surface area contributed by atoms with Crippen molar-refractivity contribution in [3.8, 4) is 0 Å². The molecule has 1 saturated carbocycles. The van der Waals surface area contributed by atoms with Crippen LogP contribution >= 0.6 is 24.8 Å². The van der Waals surface area contributed by atoms with E-state index in [1.165, 1.54) is 0 Å². The zero-order valence-corrected chi connectivity index (χ0v) is 17.9. The number of nitrogens with zero attached hydrogens (tertiary/aromatic N) is 2. The first kappa shape index (κ1) is 22.9. The number of hydrogen-bond acceptors (Lipinski definition) is 4. The summed E-state index contributed by atoms with van der Waals surface area (Å²) in [7, 11) is 2.08. The van der Waals surface area contributed by atoms with Crippen LogP contribution in [0.15, 0.2) is 24.3 Å². The number of piperidine rings is 1. The van der Waals surface area contributed by atoms with Gasteiger partial charge in [0.25, 0.3) is 5.91 Å². The summed E-state index contributed by atoms with van der Waals surface area (Å²) >= 11 is 0. The summed E-state index contributed by atoms with van der Waals surface area (Å²) in [5.74, 6) is 0.355. The van der Waals surface area contributed by atoms with Crippen molar-refractivity contribution in [1.29, 1.82) is 0 Å². The second-order valence-electron chi connectivity index (χ2n) is 8.03. The fourth-order valence-electron chi connectivity index (χ4n) is 4.31. The number of halogens is 2. The average Bonchev–Trinajstić information content (AvgIpc) is 3.36. The minimum Gasteiger partial charge on any atom is -0.336 e. The van der Waals surface area contributed by atoms with Crippen molar-refractivity contribution in [2.75, 3.05) is 51.6 Å². The van der Waals surface area contributed by atoms with Crippen LogP contribution < -0.4 is 10.6 Å². The molecule has 1 spiro atoms. The number of anilines is 1. The first-order valence-corrected chi connectivity index (χ1v) is 9.67. The van der Waals surface area contributed by atoms with Crippen LogP contribution in [0.3, 0.4) is 0 Å². The highest BCUT2D eigenvalue weighted by Gasteiger charge is 2.57. The van der Waals surface area contributed by atoms with Gasteiger partial charge in [-0.1, -0.05) is 0 Å². The van der Waals surface area contributed by atoms with E-state index in [0.29, 0.717) is 5.56 Å². The number of hydrogen-bond donors (Lipinski definition) is 2. The molecule has 1 aromatic carbocycles. The third-order valence-electron chi connectivity index (χ3n) is 6.30. The van der Waals surface area contributed by atoms with Gasteiger partial charge in [-0.3, -0.25) is 9.59 Å². The first-order chi connectivity index (χ1) is 12.6. The molecular weight excluding hydrogens is 399 g/mol. The van der Waals surface area contributed by atoms with Crippen molar-refractivity contribution in [3.05, 3.63) is 29.8 Å². The van der Waals surface area contributed by atoms with Gasteiger partial charge < -0.3 is 20.4 Å². The van der Waals surface area contributed by atoms with E-state index in [0.717, 1.165) is 64.2 Å². The van der Waals surface area contributed by atoms with Crippen LogP contribution in [0.4, 0.5) is 5.69 Å². The van der Waals surface area contributed by atoms with Gasteiger partial charge in [-0.05, 0) is 69.1 Å². The molecule has 4 rings (SSSR count). The quantitative estimate of drug-likeness (QED) is 0.774. The van der Waals surface area contributed by atoms with Crippen LogP contribution in [0.5, 0.6) is 0 Å². The highest BCUT2D eigenvalue weighted by Crippen LogP contribution is 2.58. The molecule has 3 fully saturated rings. The fraction of sp³-hybridized carbons (Fsp3) is 0.600. The summed E-state index contributed by atoms with van der Waals surface area (Å²) in [4.78, 5) is 29.2. The lowest BCUT2D eigenvalue weighted by Crippen LogP contribution is -2.47. The minimum atomic E-state index is 0. The maximum Gasteiger partial charge on any atom is 0.253 e. The Bertz CT molecular complexity index is 684. The molecule has 8 heteroatoms. The largest absolute Gasteiger partial charge is 0.336 e. The van der Waals surface area contributed by atoms with E-state index < -0.39 is 0 Å². The van der Waals surface area contributed by atoms with Gasteiger partial charge in [-0.15, -0.1) is 24.8 Å². The first-order valence-electron chi connectivity index (χ1n) is 9.67. The van der Waals surface area contributed by atoms with Crippen LogP contribution in [0, 0.1) is 11.3 Å². The maximum absolute atomic E-state index is 12.6. The van der Waals surface area contributed by atoms with Gasteiger partial charge in [0.1, 0.15) is 0 Å². The molecule has 1 aromatic rings. The molecule has 2 amide bonds. The third kappa shape index (κ3) is 4.79. The van der Waals surface area contributed by atoms with Crippen molar-refractivity contribution in [3.63, 3.8) is 0 Å². The molecule has 0 bridgehead atoms. The van der Waals surface area contributed by atoms with E-state index in [9.17, 15) is 9.59 Å². The molecule has 2 aliphatic heterocycles. The molecule has 0 aromatic heterocycles. The second kappa shape index (κ2) is 9.44. The van der Waals surface area contributed by atoms with E-state index in [1.807, 2.05) is 29.2 Å². The Labute approximate surface area is 179 Å². The SMILES string of the molecule is CN1CCN(C(=O)c2ccc(NC(=O)C3CC34CCNCC4)cc2)CC1.Cl.Cl. The monoisotopic (exact) mass is 428 g/mol. The summed E-state index contributed by atoms with van der Waals surface area (Å²) in [5.41, 5.74) is 1.71. The molecule has 2 N–H and O–H groups in total. The zero-order valence-electron chi connectivity index (χ0n) is 16.3. The molecule has 6 nitrogen and oxygen atoms in total. The Morgan fingerprint density at radius 3 is 2.25 bits per heavy atom. The topological polar surface area (TPSA) is 64.7 Å². The van der Waals surface area contributed by atoms with Crippen molar-refractivity contribution >= 4 is 42.3 Å². The molecule has 1 aliphatic carbocycles. The third-order valence-corrected chi connectivity index (χ3v) is 6.30. The standard InChI is InChI=1S/C20H28N4O2.2ClH/c1-23-10-12-24(13-11-23)19(26)15-2-4-16(5-3-15)22-18(25)17-14-20(17)6-8-21-9-7-20;;/h2-5,17,21H,6-14H2,1H3,(H,22,25);2*1H. The number of carbonyl (C=O) groups excluding carboxylic acids is 2. The number of likely N-dealkylation sites (N-methyl/N-ethyl adjacent to an activating group) is 1. The maximum atomic E-state index is 12.6. The second-order valence-corrected chi connectivity index (χ2v) is 8.03. The lowest BCUT2D eigenvalue weighted by molar-refractivity contribution is -0.118. The number of amides is 2. The van der Waals surface area contributed by atoms with E-state index >= 15 is 0 Å². The zero-order chi connectivity index (χ0) is 18.1.